The van der Waals surface area contributed by atoms with Crippen LogP contribution < -0.4 is 0 Å². The van der Waals surface area contributed by atoms with Gasteiger partial charge in [-0.2, -0.15) is 0 Å². The van der Waals surface area contributed by atoms with E-state index in [2.05, 4.69) is 4.90 Å². The fourth-order valence-electron chi connectivity index (χ4n) is 2.62. The zero-order valence-corrected chi connectivity index (χ0v) is 10.2. The van der Waals surface area contributed by atoms with Crippen LogP contribution in [-0.4, -0.2) is 43.6 Å². The van der Waals surface area contributed by atoms with Crippen LogP contribution in [0.3, 0.4) is 0 Å². The molecule has 0 atom stereocenters. The molecule has 2 aliphatic rings. The Kier molecular flexibility index (Phi) is 4.73. The molecule has 15 heavy (non-hydrogen) atoms. The fraction of sp³-hybridized carbons (Fsp3) is 1.00. The number of likely N-dealkylation sites (tertiary alicyclic amines) is 1. The molecule has 0 saturated carbocycles. The van der Waals surface area contributed by atoms with Crippen molar-refractivity contribution in [3.8, 4) is 0 Å². The second-order valence-electron chi connectivity index (χ2n) is 4.95. The van der Waals surface area contributed by atoms with Crippen LogP contribution in [0.25, 0.3) is 0 Å². The molecule has 0 bridgehead atoms. The smallest absolute Gasteiger partial charge is 0.0469 e. The molecule has 88 valence electrons. The second-order valence-corrected chi connectivity index (χ2v) is 5.26. The zero-order chi connectivity index (χ0) is 10.5. The van der Waals surface area contributed by atoms with Crippen molar-refractivity contribution in [2.75, 3.05) is 38.7 Å². The van der Waals surface area contributed by atoms with Crippen molar-refractivity contribution >= 4 is 11.6 Å². The Morgan fingerprint density at radius 2 is 1.67 bits per heavy atom. The van der Waals surface area contributed by atoms with Crippen LogP contribution in [0.2, 0.25) is 0 Å². The Hall–Kier alpha value is 0.210. The third-order valence-electron chi connectivity index (χ3n) is 3.78. The average molecular weight is 232 g/mol. The molecule has 0 spiro atoms. The lowest BCUT2D eigenvalue weighted by atomic mass is 9.95. The molecular weight excluding hydrogens is 210 g/mol. The molecule has 0 aromatic rings. The van der Waals surface area contributed by atoms with E-state index in [1.807, 2.05) is 0 Å². The van der Waals surface area contributed by atoms with Gasteiger partial charge < -0.3 is 9.64 Å². The molecular formula is C12H22ClNO. The molecule has 2 heterocycles. The van der Waals surface area contributed by atoms with Gasteiger partial charge in [-0.15, -0.1) is 11.6 Å². The second kappa shape index (κ2) is 6.07. The number of nitrogens with zero attached hydrogens (tertiary/aromatic N) is 1. The molecule has 0 aliphatic carbocycles. The van der Waals surface area contributed by atoms with Crippen LogP contribution in [0.4, 0.5) is 0 Å². The van der Waals surface area contributed by atoms with Gasteiger partial charge in [-0.25, -0.2) is 0 Å². The summed E-state index contributed by atoms with van der Waals surface area (Å²) in [7, 11) is 0. The highest BCUT2D eigenvalue weighted by molar-refractivity contribution is 6.18. The highest BCUT2D eigenvalue weighted by atomic mass is 35.5. The first-order valence-electron chi connectivity index (χ1n) is 6.24. The van der Waals surface area contributed by atoms with E-state index in [-0.39, 0.29) is 0 Å². The van der Waals surface area contributed by atoms with Gasteiger partial charge in [0.2, 0.25) is 0 Å². The first-order chi connectivity index (χ1) is 7.38. The van der Waals surface area contributed by atoms with Crippen molar-refractivity contribution < 1.29 is 4.74 Å². The number of hydrogen-bond acceptors (Lipinski definition) is 2. The maximum atomic E-state index is 5.88. The van der Waals surface area contributed by atoms with E-state index < -0.39 is 0 Å². The van der Waals surface area contributed by atoms with Crippen LogP contribution >= 0.6 is 11.6 Å². The van der Waals surface area contributed by atoms with E-state index in [1.165, 1.54) is 45.3 Å². The first kappa shape index (κ1) is 11.7. The third kappa shape index (κ3) is 3.61. The molecule has 2 nitrogen and oxygen atoms in total. The van der Waals surface area contributed by atoms with E-state index in [0.29, 0.717) is 0 Å². The Morgan fingerprint density at radius 3 is 2.27 bits per heavy atom. The maximum Gasteiger partial charge on any atom is 0.0469 e. The summed E-state index contributed by atoms with van der Waals surface area (Å²) < 4.78 is 5.39. The molecule has 0 aromatic heterocycles. The van der Waals surface area contributed by atoms with Crippen molar-refractivity contribution in [2.45, 2.75) is 25.7 Å². The minimum absolute atomic E-state index is 0.776. The maximum absolute atomic E-state index is 5.88. The topological polar surface area (TPSA) is 12.5 Å². The summed E-state index contributed by atoms with van der Waals surface area (Å²) >= 11 is 5.88. The summed E-state index contributed by atoms with van der Waals surface area (Å²) in [4.78, 5) is 2.62. The summed E-state index contributed by atoms with van der Waals surface area (Å²) in [6, 6.07) is 0. The summed E-state index contributed by atoms with van der Waals surface area (Å²) in [5.74, 6) is 2.51. The average Bonchev–Trinajstić information content (AvgIpc) is 2.31. The van der Waals surface area contributed by atoms with E-state index >= 15 is 0 Å². The van der Waals surface area contributed by atoms with Gasteiger partial charge in [0, 0.05) is 25.6 Å². The zero-order valence-electron chi connectivity index (χ0n) is 9.46. The van der Waals surface area contributed by atoms with E-state index in [0.717, 1.165) is 30.9 Å². The lowest BCUT2D eigenvalue weighted by Crippen LogP contribution is -2.38. The van der Waals surface area contributed by atoms with Gasteiger partial charge in [0.1, 0.15) is 0 Å². The van der Waals surface area contributed by atoms with Crippen molar-refractivity contribution in [1.82, 2.24) is 4.90 Å². The quantitative estimate of drug-likeness (QED) is 0.692. The van der Waals surface area contributed by atoms with Gasteiger partial charge in [-0.1, -0.05) is 0 Å². The Labute approximate surface area is 97.9 Å². The molecule has 2 aliphatic heterocycles. The number of rotatable bonds is 3. The highest BCUT2D eigenvalue weighted by Crippen LogP contribution is 2.22. The number of alkyl halides is 1. The van der Waals surface area contributed by atoms with Gasteiger partial charge in [-0.05, 0) is 50.6 Å². The lowest BCUT2D eigenvalue weighted by Gasteiger charge is -2.34. The molecule has 0 amide bonds. The Bertz CT molecular complexity index is 174. The molecule has 0 unspecified atom stereocenters. The molecule has 3 heteroatoms. The monoisotopic (exact) mass is 231 g/mol. The number of piperidine rings is 1. The highest BCUT2D eigenvalue weighted by Gasteiger charge is 2.22. The minimum Gasteiger partial charge on any atom is -0.381 e. The Morgan fingerprint density at radius 1 is 1.00 bits per heavy atom. The predicted octanol–water partition coefficient (Wildman–Crippen LogP) is 2.36. The van der Waals surface area contributed by atoms with E-state index in [1.54, 1.807) is 0 Å². The van der Waals surface area contributed by atoms with Crippen molar-refractivity contribution in [3.63, 3.8) is 0 Å². The Balaban J connectivity index is 1.67. The summed E-state index contributed by atoms with van der Waals surface area (Å²) in [6.45, 7) is 5.76. The van der Waals surface area contributed by atoms with Gasteiger partial charge in [-0.3, -0.25) is 0 Å². The number of hydrogen-bond donors (Lipinski definition) is 0. The summed E-state index contributed by atoms with van der Waals surface area (Å²) in [5, 5.41) is 0. The first-order valence-corrected chi connectivity index (χ1v) is 6.78. The summed E-state index contributed by atoms with van der Waals surface area (Å²) in [6.07, 6.45) is 5.12. The number of halogens is 1. The molecule has 2 rings (SSSR count). The van der Waals surface area contributed by atoms with Gasteiger partial charge in [0.25, 0.3) is 0 Å². The van der Waals surface area contributed by atoms with Gasteiger partial charge in [0.15, 0.2) is 0 Å². The van der Waals surface area contributed by atoms with Crippen molar-refractivity contribution in [1.29, 1.82) is 0 Å². The van der Waals surface area contributed by atoms with Gasteiger partial charge in [0.05, 0.1) is 0 Å². The SMILES string of the molecule is ClCC1CCN(CC2CCOCC2)CC1. The molecule has 2 fully saturated rings. The lowest BCUT2D eigenvalue weighted by molar-refractivity contribution is 0.0474. The predicted molar refractivity (Wildman–Crippen MR) is 63.4 cm³/mol. The fourth-order valence-corrected chi connectivity index (χ4v) is 2.93. The molecule has 0 radical (unpaired) electrons. The van der Waals surface area contributed by atoms with Crippen LogP contribution in [0.5, 0.6) is 0 Å². The van der Waals surface area contributed by atoms with Crippen molar-refractivity contribution in [2.24, 2.45) is 11.8 Å². The normalized spacial score (nSPS) is 27.0. The van der Waals surface area contributed by atoms with E-state index in [9.17, 15) is 0 Å². The minimum atomic E-state index is 0.776. The van der Waals surface area contributed by atoms with Crippen LogP contribution in [0, 0.1) is 11.8 Å². The van der Waals surface area contributed by atoms with Crippen LogP contribution in [0.15, 0.2) is 0 Å². The largest absolute Gasteiger partial charge is 0.381 e. The summed E-state index contributed by atoms with van der Waals surface area (Å²) in [5.41, 5.74) is 0. The van der Waals surface area contributed by atoms with Gasteiger partial charge >= 0.3 is 0 Å². The van der Waals surface area contributed by atoms with Crippen LogP contribution in [-0.2, 0) is 4.74 Å². The molecule has 2 saturated heterocycles. The molecule has 0 aromatic carbocycles. The number of ether oxygens (including phenoxy) is 1. The van der Waals surface area contributed by atoms with Crippen molar-refractivity contribution in [3.05, 3.63) is 0 Å². The third-order valence-corrected chi connectivity index (χ3v) is 4.22. The molecule has 0 N–H and O–H groups in total. The van der Waals surface area contributed by atoms with Crippen LogP contribution in [0.1, 0.15) is 25.7 Å². The van der Waals surface area contributed by atoms with E-state index in [4.69, 9.17) is 16.3 Å². The standard InChI is InChI=1S/C12H22ClNO/c13-9-11-1-5-14(6-2-11)10-12-3-7-15-8-4-12/h11-12H,1-10H2.